The van der Waals surface area contributed by atoms with Crippen LogP contribution >= 0.6 is 0 Å². The van der Waals surface area contributed by atoms with Gasteiger partial charge in [0, 0.05) is 12.1 Å². The van der Waals surface area contributed by atoms with Crippen LogP contribution in [0.2, 0.25) is 0 Å². The number of hydrogen-bond acceptors (Lipinski definition) is 3. The van der Waals surface area contributed by atoms with Crippen LogP contribution in [0.5, 0.6) is 0 Å². The van der Waals surface area contributed by atoms with Crippen LogP contribution < -0.4 is 5.32 Å². The molecule has 0 atom stereocenters. The first-order valence-electron chi connectivity index (χ1n) is 7.23. The van der Waals surface area contributed by atoms with Crippen LogP contribution in [0.15, 0.2) is 28.9 Å². The highest BCUT2D eigenvalue weighted by Gasteiger charge is 2.18. The number of hydrogen-bond donors (Lipinski definition) is 2. The molecule has 1 saturated carbocycles. The number of carbonyl (C=O) groups is 1. The predicted octanol–water partition coefficient (Wildman–Crippen LogP) is 3.12. The summed E-state index contributed by atoms with van der Waals surface area (Å²) in [6.07, 6.45) is 8.69. The van der Waals surface area contributed by atoms with E-state index in [9.17, 15) is 4.79 Å². The van der Waals surface area contributed by atoms with Gasteiger partial charge in [-0.2, -0.15) is 5.10 Å². The van der Waals surface area contributed by atoms with Gasteiger partial charge in [0.25, 0.3) is 5.91 Å². The Kier molecular flexibility index (Phi) is 3.85. The summed E-state index contributed by atoms with van der Waals surface area (Å²) in [6.45, 7) is 0. The molecule has 0 saturated heterocycles. The second kappa shape index (κ2) is 5.94. The molecule has 2 aromatic rings. The topological polar surface area (TPSA) is 70.9 Å². The van der Waals surface area contributed by atoms with E-state index in [0.717, 1.165) is 18.5 Å². The zero-order chi connectivity index (χ0) is 13.8. The van der Waals surface area contributed by atoms with Crippen LogP contribution in [0.1, 0.15) is 49.0 Å². The van der Waals surface area contributed by atoms with Gasteiger partial charge >= 0.3 is 0 Å². The first kappa shape index (κ1) is 13.0. The standard InChI is InChI=1S/C15H19N3O2/c19-15(16-11-6-3-1-2-4-7-11)13-10-12(17-18-13)14-8-5-9-20-14/h5,8-11H,1-4,6-7H2,(H,16,19)(H,17,18). The van der Waals surface area contributed by atoms with E-state index >= 15 is 0 Å². The third-order valence-electron chi connectivity index (χ3n) is 3.79. The lowest BCUT2D eigenvalue weighted by molar-refractivity contribution is 0.0928. The highest BCUT2D eigenvalue weighted by Crippen LogP contribution is 2.19. The van der Waals surface area contributed by atoms with Crippen molar-refractivity contribution in [1.29, 1.82) is 0 Å². The first-order chi connectivity index (χ1) is 9.83. The monoisotopic (exact) mass is 273 g/mol. The summed E-state index contributed by atoms with van der Waals surface area (Å²) in [5, 5.41) is 9.98. The van der Waals surface area contributed by atoms with E-state index in [1.165, 1.54) is 25.7 Å². The van der Waals surface area contributed by atoms with Gasteiger partial charge in [0.1, 0.15) is 5.69 Å². The summed E-state index contributed by atoms with van der Waals surface area (Å²) in [5.74, 6) is 0.581. The maximum Gasteiger partial charge on any atom is 0.272 e. The number of aromatic nitrogens is 2. The Morgan fingerprint density at radius 3 is 2.80 bits per heavy atom. The van der Waals surface area contributed by atoms with Crippen molar-refractivity contribution in [1.82, 2.24) is 15.5 Å². The van der Waals surface area contributed by atoms with Gasteiger partial charge in [-0.1, -0.05) is 25.7 Å². The number of rotatable bonds is 3. The van der Waals surface area contributed by atoms with Gasteiger partial charge in [0.05, 0.1) is 6.26 Å². The van der Waals surface area contributed by atoms with Gasteiger partial charge in [-0.05, 0) is 25.0 Å². The molecule has 1 aliphatic rings. The normalized spacial score (nSPS) is 16.8. The molecule has 0 aromatic carbocycles. The molecule has 5 heteroatoms. The molecule has 0 bridgehead atoms. The number of furan rings is 1. The molecule has 2 aromatic heterocycles. The van der Waals surface area contributed by atoms with Crippen molar-refractivity contribution in [2.45, 2.75) is 44.6 Å². The van der Waals surface area contributed by atoms with Gasteiger partial charge < -0.3 is 9.73 Å². The van der Waals surface area contributed by atoms with Crippen molar-refractivity contribution in [2.75, 3.05) is 0 Å². The average Bonchev–Trinajstić information content (AvgIpc) is 3.07. The van der Waals surface area contributed by atoms with Gasteiger partial charge in [-0.3, -0.25) is 9.89 Å². The molecular weight excluding hydrogens is 254 g/mol. The van der Waals surface area contributed by atoms with Crippen molar-refractivity contribution in [3.63, 3.8) is 0 Å². The van der Waals surface area contributed by atoms with E-state index in [1.807, 2.05) is 6.07 Å². The minimum absolute atomic E-state index is 0.106. The molecule has 0 unspecified atom stereocenters. The number of nitrogens with zero attached hydrogens (tertiary/aromatic N) is 1. The maximum absolute atomic E-state index is 12.2. The summed E-state index contributed by atoms with van der Waals surface area (Å²) in [5.41, 5.74) is 1.14. The van der Waals surface area contributed by atoms with Crippen molar-refractivity contribution in [3.05, 3.63) is 30.2 Å². The number of nitrogens with one attached hydrogen (secondary N) is 2. The third-order valence-corrected chi connectivity index (χ3v) is 3.79. The van der Waals surface area contributed by atoms with Crippen LogP contribution in [-0.2, 0) is 0 Å². The Hall–Kier alpha value is -2.04. The predicted molar refractivity (Wildman–Crippen MR) is 75.2 cm³/mol. The minimum Gasteiger partial charge on any atom is -0.463 e. The van der Waals surface area contributed by atoms with E-state index in [1.54, 1.807) is 18.4 Å². The lowest BCUT2D eigenvalue weighted by Gasteiger charge is -2.14. The van der Waals surface area contributed by atoms with Gasteiger partial charge in [0.2, 0.25) is 0 Å². The second-order valence-corrected chi connectivity index (χ2v) is 5.31. The Labute approximate surface area is 117 Å². The van der Waals surface area contributed by atoms with Crippen molar-refractivity contribution >= 4 is 5.91 Å². The highest BCUT2D eigenvalue weighted by molar-refractivity contribution is 5.93. The lowest BCUT2D eigenvalue weighted by Crippen LogP contribution is -2.34. The smallest absolute Gasteiger partial charge is 0.272 e. The van der Waals surface area contributed by atoms with Crippen molar-refractivity contribution in [3.8, 4) is 11.5 Å². The molecule has 1 aliphatic carbocycles. The summed E-state index contributed by atoms with van der Waals surface area (Å²) in [4.78, 5) is 12.2. The summed E-state index contributed by atoms with van der Waals surface area (Å²) in [6, 6.07) is 5.65. The van der Waals surface area contributed by atoms with Crippen LogP contribution in [0.4, 0.5) is 0 Å². The number of H-pyrrole nitrogens is 1. The maximum atomic E-state index is 12.2. The minimum atomic E-state index is -0.106. The zero-order valence-electron chi connectivity index (χ0n) is 11.4. The Morgan fingerprint density at radius 1 is 1.30 bits per heavy atom. The molecule has 20 heavy (non-hydrogen) atoms. The molecular formula is C15H19N3O2. The first-order valence-corrected chi connectivity index (χ1v) is 7.23. The van der Waals surface area contributed by atoms with Crippen LogP contribution in [0, 0.1) is 0 Å². The summed E-state index contributed by atoms with van der Waals surface area (Å²) >= 11 is 0. The third kappa shape index (κ3) is 2.92. The Balaban J connectivity index is 1.65. The van der Waals surface area contributed by atoms with Crippen LogP contribution in [0.25, 0.3) is 11.5 Å². The molecule has 1 amide bonds. The van der Waals surface area contributed by atoms with Gasteiger partial charge in [0.15, 0.2) is 11.5 Å². The fourth-order valence-corrected chi connectivity index (χ4v) is 2.68. The molecule has 2 heterocycles. The average molecular weight is 273 g/mol. The van der Waals surface area contributed by atoms with E-state index in [-0.39, 0.29) is 11.9 Å². The van der Waals surface area contributed by atoms with Gasteiger partial charge in [-0.15, -0.1) is 0 Å². The number of amides is 1. The summed E-state index contributed by atoms with van der Waals surface area (Å²) < 4.78 is 5.28. The number of carbonyl (C=O) groups excluding carboxylic acids is 1. The van der Waals surface area contributed by atoms with E-state index in [2.05, 4.69) is 15.5 Å². The fourth-order valence-electron chi connectivity index (χ4n) is 2.68. The SMILES string of the molecule is O=C(NC1CCCCCC1)c1cc(-c2ccco2)[nH]n1. The van der Waals surface area contributed by atoms with Crippen molar-refractivity contribution in [2.24, 2.45) is 0 Å². The van der Waals surface area contributed by atoms with E-state index in [4.69, 9.17) is 4.42 Å². The highest BCUT2D eigenvalue weighted by atomic mass is 16.3. The second-order valence-electron chi connectivity index (χ2n) is 5.31. The van der Waals surface area contributed by atoms with Crippen molar-refractivity contribution < 1.29 is 9.21 Å². The molecule has 5 nitrogen and oxygen atoms in total. The molecule has 0 radical (unpaired) electrons. The molecule has 3 rings (SSSR count). The molecule has 0 aliphatic heterocycles. The molecule has 1 fully saturated rings. The van der Waals surface area contributed by atoms with Gasteiger partial charge in [-0.25, -0.2) is 0 Å². The van der Waals surface area contributed by atoms with E-state index < -0.39 is 0 Å². The summed E-state index contributed by atoms with van der Waals surface area (Å²) in [7, 11) is 0. The molecule has 2 N–H and O–H groups in total. The largest absolute Gasteiger partial charge is 0.463 e. The Morgan fingerprint density at radius 2 is 2.10 bits per heavy atom. The number of aromatic amines is 1. The fraction of sp³-hybridized carbons (Fsp3) is 0.467. The zero-order valence-corrected chi connectivity index (χ0v) is 11.4. The molecule has 0 spiro atoms. The quantitative estimate of drug-likeness (QED) is 0.844. The van der Waals surface area contributed by atoms with Crippen LogP contribution in [0.3, 0.4) is 0 Å². The van der Waals surface area contributed by atoms with E-state index in [0.29, 0.717) is 11.5 Å². The molecule has 106 valence electrons. The van der Waals surface area contributed by atoms with Crippen LogP contribution in [-0.4, -0.2) is 22.1 Å². The lowest BCUT2D eigenvalue weighted by atomic mass is 10.1. The Bertz CT molecular complexity index is 551.